The van der Waals surface area contributed by atoms with E-state index < -0.39 is 11.3 Å². The van der Waals surface area contributed by atoms with Gasteiger partial charge in [-0.15, -0.1) is 0 Å². The van der Waals surface area contributed by atoms with Gasteiger partial charge in [0.1, 0.15) is 5.75 Å². The molecule has 0 fully saturated rings. The fraction of sp³-hybridized carbons (Fsp3) is 0.105. The average Bonchev–Trinajstić information content (AvgIpc) is 2.64. The number of aromatic nitrogens is 2. The van der Waals surface area contributed by atoms with Crippen LogP contribution in [-0.2, 0) is 0 Å². The molecule has 6 nitrogen and oxygen atoms in total. The molecule has 1 amide bonds. The van der Waals surface area contributed by atoms with Gasteiger partial charge in [0.05, 0.1) is 12.3 Å². The van der Waals surface area contributed by atoms with Gasteiger partial charge in [-0.2, -0.15) is 5.10 Å². The van der Waals surface area contributed by atoms with Crippen molar-refractivity contribution in [1.82, 2.24) is 9.78 Å². The molecular weight excluding hydrogens is 354 g/mol. The minimum atomic E-state index is -0.581. The first-order chi connectivity index (χ1) is 12.6. The van der Waals surface area contributed by atoms with Crippen molar-refractivity contribution in [3.63, 3.8) is 0 Å². The molecule has 2 aromatic carbocycles. The van der Waals surface area contributed by atoms with E-state index in [0.717, 1.165) is 0 Å². The fourth-order valence-electron chi connectivity index (χ4n) is 2.29. The summed E-state index contributed by atoms with van der Waals surface area (Å²) in [5.74, 6) is 0.121. The highest BCUT2D eigenvalue weighted by Crippen LogP contribution is 2.16. The maximum absolute atomic E-state index is 12.4. The lowest BCUT2D eigenvalue weighted by atomic mass is 10.2. The number of benzene rings is 2. The first-order valence-corrected chi connectivity index (χ1v) is 8.35. The number of hydrogen-bond donors (Lipinski definition) is 1. The van der Waals surface area contributed by atoms with Crippen LogP contribution >= 0.6 is 11.6 Å². The Morgan fingerprint density at radius 2 is 1.81 bits per heavy atom. The summed E-state index contributed by atoms with van der Waals surface area (Å²) < 4.78 is 6.80. The molecular formula is C19H16ClN3O3. The van der Waals surface area contributed by atoms with Crippen LogP contribution in [0.15, 0.2) is 65.6 Å². The lowest BCUT2D eigenvalue weighted by molar-refractivity contribution is 0.101. The van der Waals surface area contributed by atoms with Gasteiger partial charge in [0, 0.05) is 23.0 Å². The standard InChI is InChI=1S/C19H16ClN3O3/c1-2-26-16-9-5-14(6-10-16)21-19(25)18-17(24)11-12-23(22-18)15-7-3-13(20)4-8-15/h3-12H,2H2,1H3,(H,21,25). The lowest BCUT2D eigenvalue weighted by Crippen LogP contribution is -2.25. The van der Waals surface area contributed by atoms with Crippen LogP contribution in [-0.4, -0.2) is 22.3 Å². The Labute approximate surface area is 155 Å². The molecule has 0 atom stereocenters. The van der Waals surface area contributed by atoms with Crippen molar-refractivity contribution < 1.29 is 9.53 Å². The van der Waals surface area contributed by atoms with Crippen LogP contribution in [0.2, 0.25) is 5.02 Å². The zero-order valence-corrected chi connectivity index (χ0v) is 14.7. The highest BCUT2D eigenvalue weighted by atomic mass is 35.5. The number of amides is 1. The number of ether oxygens (including phenoxy) is 1. The van der Waals surface area contributed by atoms with Crippen molar-refractivity contribution in [2.45, 2.75) is 6.92 Å². The Balaban J connectivity index is 1.83. The first kappa shape index (κ1) is 17.7. The molecule has 0 radical (unpaired) electrons. The number of nitrogens with one attached hydrogen (secondary N) is 1. The third-order valence-corrected chi connectivity index (χ3v) is 3.79. The van der Waals surface area contributed by atoms with Crippen molar-refractivity contribution in [1.29, 1.82) is 0 Å². The van der Waals surface area contributed by atoms with E-state index in [1.807, 2.05) is 6.92 Å². The molecule has 7 heteroatoms. The van der Waals surface area contributed by atoms with Gasteiger partial charge in [0.25, 0.3) is 5.91 Å². The SMILES string of the molecule is CCOc1ccc(NC(=O)c2nn(-c3ccc(Cl)cc3)ccc2=O)cc1. The van der Waals surface area contributed by atoms with E-state index in [0.29, 0.717) is 28.8 Å². The highest BCUT2D eigenvalue weighted by Gasteiger charge is 2.14. The van der Waals surface area contributed by atoms with E-state index in [1.165, 1.54) is 16.9 Å². The molecule has 0 bridgehead atoms. The van der Waals surface area contributed by atoms with Gasteiger partial charge in [-0.25, -0.2) is 4.68 Å². The van der Waals surface area contributed by atoms with Crippen LogP contribution in [0.25, 0.3) is 5.69 Å². The molecule has 1 N–H and O–H groups in total. The maximum Gasteiger partial charge on any atom is 0.280 e. The quantitative estimate of drug-likeness (QED) is 0.746. The Morgan fingerprint density at radius 1 is 1.12 bits per heavy atom. The van der Waals surface area contributed by atoms with Crippen molar-refractivity contribution in [3.05, 3.63) is 81.7 Å². The molecule has 0 aliphatic rings. The second kappa shape index (κ2) is 7.84. The van der Waals surface area contributed by atoms with Crippen LogP contribution in [0.3, 0.4) is 0 Å². The number of carbonyl (C=O) groups excluding carboxylic acids is 1. The van der Waals surface area contributed by atoms with E-state index >= 15 is 0 Å². The molecule has 3 aromatic rings. The fourth-order valence-corrected chi connectivity index (χ4v) is 2.42. The second-order valence-corrected chi connectivity index (χ2v) is 5.80. The van der Waals surface area contributed by atoms with Crippen molar-refractivity contribution in [2.24, 2.45) is 0 Å². The predicted octanol–water partition coefficient (Wildman–Crippen LogP) is 3.54. The molecule has 0 unspecified atom stereocenters. The van der Waals surface area contributed by atoms with Crippen LogP contribution in [0, 0.1) is 0 Å². The van der Waals surface area contributed by atoms with Gasteiger partial charge in [0.2, 0.25) is 5.43 Å². The molecule has 1 aromatic heterocycles. The largest absolute Gasteiger partial charge is 0.494 e. The number of carbonyl (C=O) groups is 1. The molecule has 0 saturated carbocycles. The average molecular weight is 370 g/mol. The van der Waals surface area contributed by atoms with E-state index in [9.17, 15) is 9.59 Å². The summed E-state index contributed by atoms with van der Waals surface area (Å²) in [5, 5.41) is 7.39. The van der Waals surface area contributed by atoms with E-state index in [-0.39, 0.29) is 5.69 Å². The molecule has 0 saturated heterocycles. The smallest absolute Gasteiger partial charge is 0.280 e. The lowest BCUT2D eigenvalue weighted by Gasteiger charge is -2.09. The number of hydrogen-bond acceptors (Lipinski definition) is 4. The summed E-state index contributed by atoms with van der Waals surface area (Å²) in [4.78, 5) is 24.5. The van der Waals surface area contributed by atoms with Crippen molar-refractivity contribution in [3.8, 4) is 11.4 Å². The molecule has 3 rings (SSSR count). The summed E-state index contributed by atoms with van der Waals surface area (Å²) >= 11 is 5.87. The van der Waals surface area contributed by atoms with Gasteiger partial charge in [-0.05, 0) is 55.5 Å². The van der Waals surface area contributed by atoms with Crippen LogP contribution in [0.4, 0.5) is 5.69 Å². The zero-order valence-electron chi connectivity index (χ0n) is 14.0. The van der Waals surface area contributed by atoms with Gasteiger partial charge >= 0.3 is 0 Å². The molecule has 0 aliphatic carbocycles. The van der Waals surface area contributed by atoms with Gasteiger partial charge in [0.15, 0.2) is 5.69 Å². The molecule has 132 valence electrons. The van der Waals surface area contributed by atoms with E-state index in [2.05, 4.69) is 10.4 Å². The van der Waals surface area contributed by atoms with Crippen LogP contribution in [0.5, 0.6) is 5.75 Å². The Bertz CT molecular complexity index is 967. The van der Waals surface area contributed by atoms with Gasteiger partial charge < -0.3 is 10.1 Å². The molecule has 26 heavy (non-hydrogen) atoms. The molecule has 1 heterocycles. The Hall–Kier alpha value is -3.12. The minimum Gasteiger partial charge on any atom is -0.494 e. The summed E-state index contributed by atoms with van der Waals surface area (Å²) in [6.07, 6.45) is 1.50. The van der Waals surface area contributed by atoms with Crippen molar-refractivity contribution in [2.75, 3.05) is 11.9 Å². The first-order valence-electron chi connectivity index (χ1n) is 7.97. The normalized spacial score (nSPS) is 10.4. The predicted molar refractivity (Wildman–Crippen MR) is 100 cm³/mol. The monoisotopic (exact) mass is 369 g/mol. The van der Waals surface area contributed by atoms with Crippen LogP contribution < -0.4 is 15.5 Å². The van der Waals surface area contributed by atoms with E-state index in [1.54, 1.807) is 48.5 Å². The third-order valence-electron chi connectivity index (χ3n) is 3.54. The topological polar surface area (TPSA) is 73.2 Å². The molecule has 0 spiro atoms. The minimum absolute atomic E-state index is 0.198. The van der Waals surface area contributed by atoms with E-state index in [4.69, 9.17) is 16.3 Å². The zero-order chi connectivity index (χ0) is 18.5. The molecule has 0 aliphatic heterocycles. The highest BCUT2D eigenvalue weighted by molar-refractivity contribution is 6.30. The number of nitrogens with zero attached hydrogens (tertiary/aromatic N) is 2. The number of halogens is 1. The number of anilines is 1. The maximum atomic E-state index is 12.4. The van der Waals surface area contributed by atoms with Crippen molar-refractivity contribution >= 4 is 23.2 Å². The number of rotatable bonds is 5. The summed E-state index contributed by atoms with van der Waals surface area (Å²) in [7, 11) is 0. The summed E-state index contributed by atoms with van der Waals surface area (Å²) in [6.45, 7) is 2.45. The summed E-state index contributed by atoms with van der Waals surface area (Å²) in [6, 6.07) is 15.1. The Kier molecular flexibility index (Phi) is 5.34. The third kappa shape index (κ3) is 4.10. The van der Waals surface area contributed by atoms with Crippen LogP contribution in [0.1, 0.15) is 17.4 Å². The van der Waals surface area contributed by atoms with Gasteiger partial charge in [-0.3, -0.25) is 9.59 Å². The Morgan fingerprint density at radius 3 is 2.46 bits per heavy atom. The van der Waals surface area contributed by atoms with Gasteiger partial charge in [-0.1, -0.05) is 11.6 Å². The summed E-state index contributed by atoms with van der Waals surface area (Å²) in [5.41, 5.74) is 0.570. The second-order valence-electron chi connectivity index (χ2n) is 5.36.